The van der Waals surface area contributed by atoms with Crippen molar-refractivity contribution in [1.82, 2.24) is 15.5 Å². The zero-order valence-corrected chi connectivity index (χ0v) is 16.6. The Bertz CT molecular complexity index is 862. The molecule has 148 valence electrons. The van der Waals surface area contributed by atoms with Crippen molar-refractivity contribution in [2.45, 2.75) is 20.4 Å². The fourth-order valence-corrected chi connectivity index (χ4v) is 2.79. The van der Waals surface area contributed by atoms with Crippen LogP contribution in [0.5, 0.6) is 0 Å². The molecule has 3 N–H and O–H groups in total. The first kappa shape index (κ1) is 21.1. The van der Waals surface area contributed by atoms with Crippen LogP contribution in [0.1, 0.15) is 27.0 Å². The van der Waals surface area contributed by atoms with Crippen molar-refractivity contribution in [1.29, 1.82) is 0 Å². The van der Waals surface area contributed by atoms with E-state index in [0.717, 1.165) is 16.7 Å². The van der Waals surface area contributed by atoms with E-state index in [1.807, 2.05) is 44.2 Å². The Labute approximate surface area is 165 Å². The second kappa shape index (κ2) is 9.66. The standard InChI is InChI=1S/C21H26N4O3/c1-14-5-10-18(15(2)11-14)23-21(28)24-19(26)13-25(4)12-16-6-8-17(9-7-16)20(27)22-3/h5-11H,12-13H2,1-4H3,(H,22,27)(H2,23,24,26,28). The number of hydrogen-bond donors (Lipinski definition) is 3. The van der Waals surface area contributed by atoms with Crippen LogP contribution in [0.25, 0.3) is 0 Å². The van der Waals surface area contributed by atoms with Crippen LogP contribution in [0.4, 0.5) is 10.5 Å². The first-order valence-corrected chi connectivity index (χ1v) is 8.96. The van der Waals surface area contributed by atoms with E-state index in [-0.39, 0.29) is 12.5 Å². The van der Waals surface area contributed by atoms with Crippen molar-refractivity contribution < 1.29 is 14.4 Å². The number of benzene rings is 2. The van der Waals surface area contributed by atoms with Gasteiger partial charge in [0.15, 0.2) is 0 Å². The van der Waals surface area contributed by atoms with Gasteiger partial charge in [-0.25, -0.2) is 4.79 Å². The molecule has 0 unspecified atom stereocenters. The molecule has 0 atom stereocenters. The molecule has 0 fully saturated rings. The zero-order valence-electron chi connectivity index (χ0n) is 16.6. The van der Waals surface area contributed by atoms with Gasteiger partial charge in [-0.1, -0.05) is 29.8 Å². The van der Waals surface area contributed by atoms with E-state index in [9.17, 15) is 14.4 Å². The van der Waals surface area contributed by atoms with Gasteiger partial charge >= 0.3 is 6.03 Å². The van der Waals surface area contributed by atoms with Crippen LogP contribution in [-0.4, -0.2) is 43.4 Å². The summed E-state index contributed by atoms with van der Waals surface area (Å²) in [5.74, 6) is -0.541. The van der Waals surface area contributed by atoms with Crippen LogP contribution in [-0.2, 0) is 11.3 Å². The number of anilines is 1. The minimum atomic E-state index is -0.555. The maximum absolute atomic E-state index is 12.1. The lowest BCUT2D eigenvalue weighted by Crippen LogP contribution is -2.40. The topological polar surface area (TPSA) is 90.5 Å². The Kier molecular flexibility index (Phi) is 7.28. The van der Waals surface area contributed by atoms with Gasteiger partial charge in [0.1, 0.15) is 0 Å². The number of nitrogens with zero attached hydrogens (tertiary/aromatic N) is 1. The van der Waals surface area contributed by atoms with Crippen molar-refractivity contribution >= 4 is 23.5 Å². The summed E-state index contributed by atoms with van der Waals surface area (Å²) in [5, 5.41) is 7.59. The monoisotopic (exact) mass is 382 g/mol. The van der Waals surface area contributed by atoms with Crippen LogP contribution in [0.2, 0.25) is 0 Å². The molecule has 28 heavy (non-hydrogen) atoms. The molecule has 7 heteroatoms. The molecule has 4 amide bonds. The SMILES string of the molecule is CNC(=O)c1ccc(CN(C)CC(=O)NC(=O)Nc2ccc(C)cc2C)cc1. The lowest BCUT2D eigenvalue weighted by Gasteiger charge is -2.16. The predicted octanol–water partition coefficient (Wildman–Crippen LogP) is 2.44. The third-order valence-corrected chi connectivity index (χ3v) is 4.19. The molecular weight excluding hydrogens is 356 g/mol. The van der Waals surface area contributed by atoms with Crippen molar-refractivity contribution in [2.24, 2.45) is 0 Å². The van der Waals surface area contributed by atoms with Crippen molar-refractivity contribution in [2.75, 3.05) is 26.0 Å². The number of carbonyl (C=O) groups excluding carboxylic acids is 3. The average Bonchev–Trinajstić information content (AvgIpc) is 2.63. The van der Waals surface area contributed by atoms with E-state index in [1.165, 1.54) is 0 Å². The number of urea groups is 1. The second-order valence-corrected chi connectivity index (χ2v) is 6.77. The van der Waals surface area contributed by atoms with Crippen LogP contribution in [0.3, 0.4) is 0 Å². The van der Waals surface area contributed by atoms with Crippen LogP contribution in [0.15, 0.2) is 42.5 Å². The average molecular weight is 382 g/mol. The maximum Gasteiger partial charge on any atom is 0.325 e. The van der Waals surface area contributed by atoms with Gasteiger partial charge in [-0.05, 0) is 50.2 Å². The van der Waals surface area contributed by atoms with E-state index in [0.29, 0.717) is 17.8 Å². The zero-order chi connectivity index (χ0) is 20.7. The molecule has 0 saturated carbocycles. The number of likely N-dealkylation sites (N-methyl/N-ethyl adjacent to an activating group) is 1. The summed E-state index contributed by atoms with van der Waals surface area (Å²) in [7, 11) is 3.37. The Morgan fingerprint density at radius 1 is 1.00 bits per heavy atom. The van der Waals surface area contributed by atoms with Gasteiger partial charge in [0.2, 0.25) is 5.91 Å². The third-order valence-electron chi connectivity index (χ3n) is 4.19. The summed E-state index contributed by atoms with van der Waals surface area (Å²) in [4.78, 5) is 37.5. The van der Waals surface area contributed by atoms with Crippen molar-refractivity contribution in [3.8, 4) is 0 Å². The van der Waals surface area contributed by atoms with Crippen LogP contribution < -0.4 is 16.0 Å². The predicted molar refractivity (Wildman–Crippen MR) is 109 cm³/mol. The highest BCUT2D eigenvalue weighted by Crippen LogP contribution is 2.15. The van der Waals surface area contributed by atoms with Crippen molar-refractivity contribution in [3.63, 3.8) is 0 Å². The van der Waals surface area contributed by atoms with Crippen LogP contribution >= 0.6 is 0 Å². The first-order valence-electron chi connectivity index (χ1n) is 8.96. The highest BCUT2D eigenvalue weighted by atomic mass is 16.2. The van der Waals surface area contributed by atoms with E-state index < -0.39 is 11.9 Å². The molecule has 7 nitrogen and oxygen atoms in total. The molecule has 0 spiro atoms. The number of amides is 4. The fraction of sp³-hybridized carbons (Fsp3) is 0.286. The van der Waals surface area contributed by atoms with Gasteiger partial charge in [-0.2, -0.15) is 0 Å². The molecule has 0 aliphatic rings. The lowest BCUT2D eigenvalue weighted by molar-refractivity contribution is -0.120. The van der Waals surface area contributed by atoms with E-state index in [2.05, 4.69) is 16.0 Å². The molecule has 2 aromatic rings. The van der Waals surface area contributed by atoms with Gasteiger partial charge in [0.25, 0.3) is 5.91 Å². The summed E-state index contributed by atoms with van der Waals surface area (Å²) in [5.41, 5.74) is 4.24. The van der Waals surface area contributed by atoms with Gasteiger partial charge in [0.05, 0.1) is 6.54 Å². The summed E-state index contributed by atoms with van der Waals surface area (Å²) >= 11 is 0. The van der Waals surface area contributed by atoms with E-state index in [4.69, 9.17) is 0 Å². The Morgan fingerprint density at radius 3 is 2.29 bits per heavy atom. The molecule has 2 rings (SSSR count). The number of hydrogen-bond acceptors (Lipinski definition) is 4. The molecule has 2 aromatic carbocycles. The minimum absolute atomic E-state index is 0.0670. The van der Waals surface area contributed by atoms with Gasteiger partial charge in [-0.3, -0.25) is 19.8 Å². The summed E-state index contributed by atoms with van der Waals surface area (Å²) < 4.78 is 0. The van der Waals surface area contributed by atoms with E-state index in [1.54, 1.807) is 31.1 Å². The molecule has 0 aliphatic carbocycles. The molecule has 0 aromatic heterocycles. The highest BCUT2D eigenvalue weighted by Gasteiger charge is 2.12. The van der Waals surface area contributed by atoms with Gasteiger partial charge in [-0.15, -0.1) is 0 Å². The minimum Gasteiger partial charge on any atom is -0.355 e. The molecule has 0 saturated heterocycles. The number of nitrogens with one attached hydrogen (secondary N) is 3. The molecule has 0 radical (unpaired) electrons. The summed E-state index contributed by atoms with van der Waals surface area (Å²) in [6.07, 6.45) is 0. The number of imide groups is 1. The Balaban J connectivity index is 1.83. The fourth-order valence-electron chi connectivity index (χ4n) is 2.79. The second-order valence-electron chi connectivity index (χ2n) is 6.77. The number of carbonyl (C=O) groups is 3. The van der Waals surface area contributed by atoms with Crippen molar-refractivity contribution in [3.05, 3.63) is 64.7 Å². The maximum atomic E-state index is 12.1. The molecule has 0 bridgehead atoms. The number of rotatable bonds is 6. The smallest absolute Gasteiger partial charge is 0.325 e. The molecule has 0 heterocycles. The van der Waals surface area contributed by atoms with E-state index >= 15 is 0 Å². The Hall–Kier alpha value is -3.19. The van der Waals surface area contributed by atoms with Gasteiger partial charge in [0, 0.05) is 24.8 Å². The number of aryl methyl sites for hydroxylation is 2. The third kappa shape index (κ3) is 6.21. The normalized spacial score (nSPS) is 10.5. The highest BCUT2D eigenvalue weighted by molar-refractivity contribution is 6.02. The quantitative estimate of drug-likeness (QED) is 0.716. The largest absolute Gasteiger partial charge is 0.355 e. The summed E-state index contributed by atoms with van der Waals surface area (Å²) in [6.45, 7) is 4.45. The summed E-state index contributed by atoms with van der Waals surface area (Å²) in [6, 6.07) is 12.3. The first-order chi connectivity index (χ1) is 13.3. The molecule has 0 aliphatic heterocycles. The van der Waals surface area contributed by atoms with Crippen LogP contribution in [0, 0.1) is 13.8 Å². The van der Waals surface area contributed by atoms with Gasteiger partial charge < -0.3 is 10.6 Å². The molecular formula is C21H26N4O3. The Morgan fingerprint density at radius 2 is 1.68 bits per heavy atom. The lowest BCUT2D eigenvalue weighted by atomic mass is 10.1.